The second kappa shape index (κ2) is 7.22. The van der Waals surface area contributed by atoms with Crippen molar-refractivity contribution >= 4 is 28.4 Å². The van der Waals surface area contributed by atoms with Gasteiger partial charge in [-0.3, -0.25) is 10.1 Å². The molecular formula is C18H18N4O4. The highest BCUT2D eigenvalue weighted by Crippen LogP contribution is 2.24. The SMILES string of the molecule is COC(=O)c1cnc(NCCc2c[nH]c3cc(C)ccc23)c([N+](=O)[O-])c1. The Morgan fingerprint density at radius 2 is 2.19 bits per heavy atom. The van der Waals surface area contributed by atoms with E-state index in [1.807, 2.05) is 19.2 Å². The van der Waals surface area contributed by atoms with Crippen LogP contribution in [-0.2, 0) is 11.2 Å². The number of hydrogen-bond acceptors (Lipinski definition) is 6. The summed E-state index contributed by atoms with van der Waals surface area (Å²) in [5, 5.41) is 15.4. The summed E-state index contributed by atoms with van der Waals surface area (Å²) in [5.74, 6) is -0.542. The first-order chi connectivity index (χ1) is 12.5. The fraction of sp³-hybridized carbons (Fsp3) is 0.222. The Morgan fingerprint density at radius 3 is 2.92 bits per heavy atom. The molecule has 0 saturated heterocycles. The molecular weight excluding hydrogens is 336 g/mol. The van der Waals surface area contributed by atoms with Gasteiger partial charge in [0.1, 0.15) is 0 Å². The maximum atomic E-state index is 11.5. The largest absolute Gasteiger partial charge is 0.465 e. The fourth-order valence-corrected chi connectivity index (χ4v) is 2.78. The minimum absolute atomic E-state index is 0.0387. The number of nitrogens with one attached hydrogen (secondary N) is 2. The fourth-order valence-electron chi connectivity index (χ4n) is 2.78. The van der Waals surface area contributed by atoms with Crippen molar-refractivity contribution in [1.29, 1.82) is 0 Å². The second-order valence-corrected chi connectivity index (χ2v) is 5.88. The number of aryl methyl sites for hydroxylation is 1. The van der Waals surface area contributed by atoms with Crippen LogP contribution in [0.5, 0.6) is 0 Å². The summed E-state index contributed by atoms with van der Waals surface area (Å²) < 4.78 is 4.56. The first-order valence-electron chi connectivity index (χ1n) is 8.03. The number of aromatic nitrogens is 2. The molecule has 134 valence electrons. The summed E-state index contributed by atoms with van der Waals surface area (Å²) in [7, 11) is 1.21. The summed E-state index contributed by atoms with van der Waals surface area (Å²) >= 11 is 0. The van der Waals surface area contributed by atoms with Crippen LogP contribution in [0.25, 0.3) is 10.9 Å². The van der Waals surface area contributed by atoms with E-state index in [1.54, 1.807) is 0 Å². The number of rotatable bonds is 6. The highest BCUT2D eigenvalue weighted by molar-refractivity contribution is 5.90. The van der Waals surface area contributed by atoms with Gasteiger partial charge in [-0.25, -0.2) is 9.78 Å². The zero-order valence-corrected chi connectivity index (χ0v) is 14.4. The van der Waals surface area contributed by atoms with Crippen LogP contribution in [0, 0.1) is 17.0 Å². The number of benzene rings is 1. The van der Waals surface area contributed by atoms with Gasteiger partial charge in [0, 0.05) is 35.9 Å². The van der Waals surface area contributed by atoms with Crippen LogP contribution >= 0.6 is 0 Å². The summed E-state index contributed by atoms with van der Waals surface area (Å²) in [4.78, 5) is 29.4. The molecule has 0 bridgehead atoms. The van der Waals surface area contributed by atoms with Crippen molar-refractivity contribution in [2.24, 2.45) is 0 Å². The topological polar surface area (TPSA) is 110 Å². The number of methoxy groups -OCH3 is 1. The molecule has 1 aromatic carbocycles. The van der Waals surface area contributed by atoms with E-state index in [0.717, 1.165) is 22.5 Å². The molecule has 2 heterocycles. The third-order valence-corrected chi connectivity index (χ3v) is 4.10. The molecule has 0 aliphatic heterocycles. The van der Waals surface area contributed by atoms with Gasteiger partial charge >= 0.3 is 11.7 Å². The smallest absolute Gasteiger partial charge is 0.339 e. The zero-order valence-electron chi connectivity index (χ0n) is 14.4. The van der Waals surface area contributed by atoms with E-state index in [9.17, 15) is 14.9 Å². The quantitative estimate of drug-likeness (QED) is 0.399. The Morgan fingerprint density at radius 1 is 1.38 bits per heavy atom. The van der Waals surface area contributed by atoms with Crippen LogP contribution in [0.4, 0.5) is 11.5 Å². The third kappa shape index (κ3) is 3.49. The average Bonchev–Trinajstić information content (AvgIpc) is 3.03. The van der Waals surface area contributed by atoms with Gasteiger partial charge in [-0.05, 0) is 30.5 Å². The van der Waals surface area contributed by atoms with Crippen molar-refractivity contribution < 1.29 is 14.5 Å². The molecule has 8 heteroatoms. The maximum absolute atomic E-state index is 11.5. The Kier molecular flexibility index (Phi) is 4.83. The predicted octanol–water partition coefficient (Wildman–Crippen LogP) is 3.22. The summed E-state index contributed by atoms with van der Waals surface area (Å²) in [6.07, 6.45) is 3.87. The summed E-state index contributed by atoms with van der Waals surface area (Å²) in [6, 6.07) is 7.34. The minimum atomic E-state index is -0.666. The predicted molar refractivity (Wildman–Crippen MR) is 97.5 cm³/mol. The molecule has 2 aromatic heterocycles. The van der Waals surface area contributed by atoms with Crippen molar-refractivity contribution in [2.75, 3.05) is 19.0 Å². The first-order valence-corrected chi connectivity index (χ1v) is 8.03. The summed E-state index contributed by atoms with van der Waals surface area (Å²) in [6.45, 7) is 2.50. The number of nitrogens with zero attached hydrogens (tertiary/aromatic N) is 2. The van der Waals surface area contributed by atoms with Gasteiger partial charge in [-0.1, -0.05) is 12.1 Å². The highest BCUT2D eigenvalue weighted by Gasteiger charge is 2.19. The number of esters is 1. The van der Waals surface area contributed by atoms with E-state index in [0.29, 0.717) is 13.0 Å². The molecule has 0 amide bonds. The van der Waals surface area contributed by atoms with Gasteiger partial charge in [-0.15, -0.1) is 0 Å². The van der Waals surface area contributed by atoms with Crippen molar-refractivity contribution in [1.82, 2.24) is 9.97 Å². The molecule has 3 rings (SSSR count). The van der Waals surface area contributed by atoms with Gasteiger partial charge in [0.2, 0.25) is 5.82 Å². The number of anilines is 1. The molecule has 0 radical (unpaired) electrons. The lowest BCUT2D eigenvalue weighted by molar-refractivity contribution is -0.384. The Bertz CT molecular complexity index is 980. The van der Waals surface area contributed by atoms with Gasteiger partial charge in [0.25, 0.3) is 0 Å². The van der Waals surface area contributed by atoms with E-state index >= 15 is 0 Å². The van der Waals surface area contributed by atoms with E-state index in [4.69, 9.17) is 0 Å². The van der Waals surface area contributed by atoms with E-state index < -0.39 is 10.9 Å². The Labute approximate surface area is 149 Å². The first kappa shape index (κ1) is 17.4. The van der Waals surface area contributed by atoms with Crippen LogP contribution < -0.4 is 5.32 Å². The number of aromatic amines is 1. The molecule has 0 aliphatic carbocycles. The number of carbonyl (C=O) groups excluding carboxylic acids is 1. The van der Waals surface area contributed by atoms with Crippen LogP contribution in [0.2, 0.25) is 0 Å². The lowest BCUT2D eigenvalue weighted by Crippen LogP contribution is -2.10. The van der Waals surface area contributed by atoms with Crippen molar-refractivity contribution in [3.8, 4) is 0 Å². The maximum Gasteiger partial charge on any atom is 0.339 e. The van der Waals surface area contributed by atoms with Gasteiger partial charge in [-0.2, -0.15) is 0 Å². The number of hydrogen-bond donors (Lipinski definition) is 2. The molecule has 0 saturated carbocycles. The van der Waals surface area contributed by atoms with E-state index in [1.165, 1.54) is 18.9 Å². The Balaban J connectivity index is 1.74. The van der Waals surface area contributed by atoms with Crippen LogP contribution in [0.15, 0.2) is 36.7 Å². The van der Waals surface area contributed by atoms with Gasteiger partial charge < -0.3 is 15.0 Å². The van der Waals surface area contributed by atoms with E-state index in [-0.39, 0.29) is 17.1 Å². The molecule has 0 fully saturated rings. The Hall–Kier alpha value is -3.42. The number of pyridine rings is 1. The molecule has 8 nitrogen and oxygen atoms in total. The number of nitro groups is 1. The monoisotopic (exact) mass is 354 g/mol. The molecule has 0 atom stereocenters. The van der Waals surface area contributed by atoms with Crippen LogP contribution in [0.3, 0.4) is 0 Å². The lowest BCUT2D eigenvalue weighted by Gasteiger charge is -2.07. The molecule has 2 N–H and O–H groups in total. The average molecular weight is 354 g/mol. The van der Waals surface area contributed by atoms with Crippen molar-refractivity contribution in [3.05, 3.63) is 63.5 Å². The molecule has 3 aromatic rings. The summed E-state index contributed by atoms with van der Waals surface area (Å²) in [5.41, 5.74) is 3.13. The van der Waals surface area contributed by atoms with Gasteiger partial charge in [0.05, 0.1) is 17.6 Å². The second-order valence-electron chi connectivity index (χ2n) is 5.88. The van der Waals surface area contributed by atoms with E-state index in [2.05, 4.69) is 32.2 Å². The number of carbonyl (C=O) groups is 1. The zero-order chi connectivity index (χ0) is 18.7. The standard InChI is InChI=1S/C18H18N4O4/c1-11-3-4-14-12(9-20-15(14)7-11)5-6-19-17-16(22(24)25)8-13(10-21-17)18(23)26-2/h3-4,7-10,20H,5-6H2,1-2H3,(H,19,21). The van der Waals surface area contributed by atoms with Crippen LogP contribution in [0.1, 0.15) is 21.5 Å². The molecule has 0 spiro atoms. The number of fused-ring (bicyclic) bond motifs is 1. The lowest BCUT2D eigenvalue weighted by atomic mass is 10.1. The van der Waals surface area contributed by atoms with Crippen molar-refractivity contribution in [3.63, 3.8) is 0 Å². The number of ether oxygens (including phenoxy) is 1. The van der Waals surface area contributed by atoms with Crippen LogP contribution in [-0.4, -0.2) is 34.5 Å². The molecule has 0 unspecified atom stereocenters. The molecule has 0 aliphatic rings. The highest BCUT2D eigenvalue weighted by atomic mass is 16.6. The third-order valence-electron chi connectivity index (χ3n) is 4.10. The van der Waals surface area contributed by atoms with Gasteiger partial charge in [0.15, 0.2) is 0 Å². The minimum Gasteiger partial charge on any atom is -0.465 e. The van der Waals surface area contributed by atoms with Crippen molar-refractivity contribution in [2.45, 2.75) is 13.3 Å². The molecule has 26 heavy (non-hydrogen) atoms. The number of H-pyrrole nitrogens is 1. The normalized spacial score (nSPS) is 10.7.